The molecule has 0 aliphatic carbocycles. The van der Waals surface area contributed by atoms with Crippen molar-refractivity contribution in [2.75, 3.05) is 18.9 Å². The first-order valence-electron chi connectivity index (χ1n) is 5.93. The van der Waals surface area contributed by atoms with E-state index in [1.54, 1.807) is 0 Å². The van der Waals surface area contributed by atoms with Crippen LogP contribution in [0.25, 0.3) is 0 Å². The molecule has 0 heterocycles. The molecule has 0 spiro atoms. The number of nitrogens with two attached hydrogens (primary N) is 1. The van der Waals surface area contributed by atoms with E-state index in [0.29, 0.717) is 30.6 Å². The molecule has 1 aromatic carbocycles. The van der Waals surface area contributed by atoms with Crippen LogP contribution in [0.2, 0.25) is 0 Å². The first-order chi connectivity index (χ1) is 9.35. The molecule has 0 aliphatic rings. The fraction of sp³-hybridized carbons (Fsp3) is 0.417. The third-order valence-electron chi connectivity index (χ3n) is 2.44. The molecular weight excluding hydrogens is 275 g/mol. The molecule has 0 saturated heterocycles. The first-order valence-corrected chi connectivity index (χ1v) is 5.93. The van der Waals surface area contributed by atoms with Crippen molar-refractivity contribution in [2.45, 2.75) is 19.2 Å². The minimum atomic E-state index is -4.75. The number of ether oxygens (including phenoxy) is 1. The highest BCUT2D eigenvalue weighted by atomic mass is 19.4. The van der Waals surface area contributed by atoms with Gasteiger partial charge in [-0.1, -0.05) is 0 Å². The Labute approximate surface area is 114 Å². The first kappa shape index (κ1) is 16.1. The van der Waals surface area contributed by atoms with Gasteiger partial charge in [0, 0.05) is 12.7 Å². The van der Waals surface area contributed by atoms with E-state index in [9.17, 15) is 18.0 Å². The summed E-state index contributed by atoms with van der Waals surface area (Å²) in [6.45, 7) is 0.393. The number of hydrogen-bond donors (Lipinski definition) is 3. The zero-order valence-electron chi connectivity index (χ0n) is 10.9. The summed E-state index contributed by atoms with van der Waals surface area (Å²) in [6.07, 6.45) is -3.73. The number of rotatable bonds is 5. The lowest BCUT2D eigenvalue weighted by Gasteiger charge is -2.14. The summed E-state index contributed by atoms with van der Waals surface area (Å²) in [6, 6.07) is 3.30. The molecule has 4 N–H and O–H groups in total. The standard InChI is InChI=1S/C12H16F3N3O2/c1-17-11(19)18-10-5-4-9(20-12(13,14)15)7-8(10)3-2-6-16/h4-5,7H,2-3,6,16H2,1H3,(H2,17,18,19). The molecular formula is C12H16F3N3O2. The number of aryl methyl sites for hydroxylation is 1. The van der Waals surface area contributed by atoms with Gasteiger partial charge in [-0.3, -0.25) is 0 Å². The molecule has 20 heavy (non-hydrogen) atoms. The van der Waals surface area contributed by atoms with Crippen LogP contribution in [0.3, 0.4) is 0 Å². The Balaban J connectivity index is 2.96. The average molecular weight is 291 g/mol. The van der Waals surface area contributed by atoms with Crippen LogP contribution >= 0.6 is 0 Å². The van der Waals surface area contributed by atoms with Crippen molar-refractivity contribution in [3.8, 4) is 5.75 Å². The maximum atomic E-state index is 12.2. The second-order valence-corrected chi connectivity index (χ2v) is 3.96. The lowest BCUT2D eigenvalue weighted by Crippen LogP contribution is -2.25. The summed E-state index contributed by atoms with van der Waals surface area (Å²) in [4.78, 5) is 11.3. The number of hydrogen-bond acceptors (Lipinski definition) is 3. The van der Waals surface area contributed by atoms with Crippen LogP contribution in [-0.2, 0) is 6.42 Å². The molecule has 0 saturated carbocycles. The summed E-state index contributed by atoms with van der Waals surface area (Å²) in [7, 11) is 1.44. The van der Waals surface area contributed by atoms with Gasteiger partial charge in [0.1, 0.15) is 5.75 Å². The summed E-state index contributed by atoms with van der Waals surface area (Å²) in [5, 5.41) is 4.90. The van der Waals surface area contributed by atoms with E-state index in [-0.39, 0.29) is 5.75 Å². The van der Waals surface area contributed by atoms with Gasteiger partial charge in [0.2, 0.25) is 0 Å². The molecule has 1 rings (SSSR count). The SMILES string of the molecule is CNC(=O)Nc1ccc(OC(F)(F)F)cc1CCCN. The van der Waals surface area contributed by atoms with Gasteiger partial charge in [0.05, 0.1) is 0 Å². The molecule has 0 radical (unpaired) electrons. The minimum absolute atomic E-state index is 0.327. The predicted molar refractivity (Wildman–Crippen MR) is 68.6 cm³/mol. The van der Waals surface area contributed by atoms with Gasteiger partial charge in [-0.25, -0.2) is 4.79 Å². The molecule has 0 atom stereocenters. The number of nitrogens with one attached hydrogen (secondary N) is 2. The van der Waals surface area contributed by atoms with Crippen molar-refractivity contribution in [3.05, 3.63) is 23.8 Å². The van der Waals surface area contributed by atoms with E-state index in [0.717, 1.165) is 6.07 Å². The van der Waals surface area contributed by atoms with Gasteiger partial charge in [0.15, 0.2) is 0 Å². The molecule has 1 aromatic rings. The van der Waals surface area contributed by atoms with E-state index in [2.05, 4.69) is 15.4 Å². The lowest BCUT2D eigenvalue weighted by atomic mass is 10.1. The molecule has 0 fully saturated rings. The summed E-state index contributed by atoms with van der Waals surface area (Å²) >= 11 is 0. The second-order valence-electron chi connectivity index (χ2n) is 3.96. The molecule has 0 unspecified atom stereocenters. The minimum Gasteiger partial charge on any atom is -0.406 e. The van der Waals surface area contributed by atoms with E-state index in [1.807, 2.05) is 0 Å². The maximum absolute atomic E-state index is 12.2. The molecule has 5 nitrogen and oxygen atoms in total. The molecule has 0 bridgehead atoms. The van der Waals surface area contributed by atoms with Crippen molar-refractivity contribution < 1.29 is 22.7 Å². The van der Waals surface area contributed by atoms with Crippen molar-refractivity contribution in [2.24, 2.45) is 5.73 Å². The van der Waals surface area contributed by atoms with Crippen LogP contribution in [0, 0.1) is 0 Å². The van der Waals surface area contributed by atoms with Crippen LogP contribution in [-0.4, -0.2) is 26.0 Å². The van der Waals surface area contributed by atoms with Gasteiger partial charge in [-0.15, -0.1) is 13.2 Å². The average Bonchev–Trinajstić information content (AvgIpc) is 2.36. The smallest absolute Gasteiger partial charge is 0.406 e. The van der Waals surface area contributed by atoms with Crippen LogP contribution in [0.15, 0.2) is 18.2 Å². The Hall–Kier alpha value is -1.96. The van der Waals surface area contributed by atoms with Crippen molar-refractivity contribution in [3.63, 3.8) is 0 Å². The van der Waals surface area contributed by atoms with Crippen molar-refractivity contribution in [1.29, 1.82) is 0 Å². The van der Waals surface area contributed by atoms with Crippen LogP contribution in [0.4, 0.5) is 23.7 Å². The molecule has 2 amide bonds. The van der Waals surface area contributed by atoms with Crippen molar-refractivity contribution in [1.82, 2.24) is 5.32 Å². The van der Waals surface area contributed by atoms with Crippen molar-refractivity contribution >= 4 is 11.7 Å². The fourth-order valence-corrected chi connectivity index (χ4v) is 1.57. The van der Waals surface area contributed by atoms with Gasteiger partial charge in [0.25, 0.3) is 0 Å². The summed E-state index contributed by atoms with van der Waals surface area (Å²) in [5.74, 6) is -0.327. The zero-order valence-corrected chi connectivity index (χ0v) is 10.9. The number of carbonyl (C=O) groups excluding carboxylic acids is 1. The molecule has 8 heteroatoms. The van der Waals surface area contributed by atoms with Crippen LogP contribution in [0.5, 0.6) is 5.75 Å². The van der Waals surface area contributed by atoms with E-state index < -0.39 is 12.4 Å². The molecule has 112 valence electrons. The number of halogens is 3. The van der Waals surface area contributed by atoms with E-state index in [1.165, 1.54) is 19.2 Å². The second kappa shape index (κ2) is 6.99. The highest BCUT2D eigenvalue weighted by Gasteiger charge is 2.31. The lowest BCUT2D eigenvalue weighted by molar-refractivity contribution is -0.274. The Morgan fingerprint density at radius 3 is 2.65 bits per heavy atom. The molecule has 0 aromatic heterocycles. The molecule has 0 aliphatic heterocycles. The number of benzene rings is 1. The van der Waals surface area contributed by atoms with E-state index in [4.69, 9.17) is 5.73 Å². The van der Waals surface area contributed by atoms with E-state index >= 15 is 0 Å². The van der Waals surface area contributed by atoms with Crippen LogP contribution < -0.4 is 21.1 Å². The third kappa shape index (κ3) is 5.35. The monoisotopic (exact) mass is 291 g/mol. The van der Waals surface area contributed by atoms with Gasteiger partial charge in [-0.05, 0) is 43.1 Å². The largest absolute Gasteiger partial charge is 0.573 e. The number of urea groups is 1. The third-order valence-corrected chi connectivity index (χ3v) is 2.44. The normalized spacial score (nSPS) is 11.1. The summed E-state index contributed by atoms with van der Waals surface area (Å²) < 4.78 is 40.4. The Morgan fingerprint density at radius 2 is 2.10 bits per heavy atom. The predicted octanol–water partition coefficient (Wildman–Crippen LogP) is 2.23. The summed E-state index contributed by atoms with van der Waals surface area (Å²) in [5.41, 5.74) is 6.33. The van der Waals surface area contributed by atoms with Gasteiger partial charge >= 0.3 is 12.4 Å². The van der Waals surface area contributed by atoms with Gasteiger partial charge < -0.3 is 21.1 Å². The highest BCUT2D eigenvalue weighted by molar-refractivity contribution is 5.90. The fourth-order valence-electron chi connectivity index (χ4n) is 1.57. The van der Waals surface area contributed by atoms with Crippen LogP contribution in [0.1, 0.15) is 12.0 Å². The zero-order chi connectivity index (χ0) is 15.2. The number of alkyl halides is 3. The van der Waals surface area contributed by atoms with Gasteiger partial charge in [-0.2, -0.15) is 0 Å². The maximum Gasteiger partial charge on any atom is 0.573 e. The highest BCUT2D eigenvalue weighted by Crippen LogP contribution is 2.28. The number of anilines is 1. The quantitative estimate of drug-likeness (QED) is 0.778. The topological polar surface area (TPSA) is 76.4 Å². The number of amides is 2. The Bertz CT molecular complexity index is 464. The number of carbonyl (C=O) groups is 1. The Morgan fingerprint density at radius 1 is 1.40 bits per heavy atom. The Kier molecular flexibility index (Phi) is 5.63.